The van der Waals surface area contributed by atoms with Crippen LogP contribution in [0.25, 0.3) is 0 Å². The third-order valence-electron chi connectivity index (χ3n) is 4.55. The fourth-order valence-electron chi connectivity index (χ4n) is 2.99. The van der Waals surface area contributed by atoms with Gasteiger partial charge in [0.05, 0.1) is 5.41 Å². The smallest absolute Gasteiger partial charge is 0.240 e. The molecule has 2 aliphatic rings. The number of likely N-dealkylation sites (tertiary alicyclic amines) is 1. The highest BCUT2D eigenvalue weighted by molar-refractivity contribution is 6.08. The monoisotopic (exact) mass is 272 g/mol. The summed E-state index contributed by atoms with van der Waals surface area (Å²) >= 11 is 0. The van der Waals surface area contributed by atoms with Crippen molar-refractivity contribution in [3.05, 3.63) is 35.9 Å². The number of carbonyl (C=O) groups is 2. The van der Waals surface area contributed by atoms with Gasteiger partial charge in [0, 0.05) is 19.0 Å². The molecule has 2 atom stereocenters. The van der Waals surface area contributed by atoms with Crippen LogP contribution in [0.5, 0.6) is 0 Å². The zero-order valence-electron chi connectivity index (χ0n) is 11.7. The summed E-state index contributed by atoms with van der Waals surface area (Å²) in [5.74, 6) is 0.279. The number of imide groups is 1. The van der Waals surface area contributed by atoms with Gasteiger partial charge in [-0.15, -0.1) is 0 Å². The van der Waals surface area contributed by atoms with Gasteiger partial charge in [-0.25, -0.2) is 0 Å². The van der Waals surface area contributed by atoms with Crippen LogP contribution in [0.4, 0.5) is 0 Å². The van der Waals surface area contributed by atoms with E-state index in [0.717, 1.165) is 18.4 Å². The number of amides is 2. The van der Waals surface area contributed by atoms with Gasteiger partial charge in [0.2, 0.25) is 11.8 Å². The second kappa shape index (κ2) is 4.70. The van der Waals surface area contributed by atoms with E-state index >= 15 is 0 Å². The number of hydrogen-bond donors (Lipinski definition) is 1. The van der Waals surface area contributed by atoms with Crippen LogP contribution in [0.2, 0.25) is 0 Å². The lowest BCUT2D eigenvalue weighted by molar-refractivity contribution is -0.140. The second-order valence-electron chi connectivity index (χ2n) is 6.19. The van der Waals surface area contributed by atoms with Crippen LogP contribution < -0.4 is 5.73 Å². The van der Waals surface area contributed by atoms with Crippen LogP contribution in [-0.4, -0.2) is 29.3 Å². The van der Waals surface area contributed by atoms with Crippen molar-refractivity contribution in [1.82, 2.24) is 4.90 Å². The standard InChI is InChI=1S/C16H20N2O2/c1-16(12-5-3-2-4-6-12)9-14(19)18(15(16)20)10-13(17)11-7-8-11/h2-6,11,13H,7-10,17H2,1H3. The summed E-state index contributed by atoms with van der Waals surface area (Å²) in [4.78, 5) is 26.2. The van der Waals surface area contributed by atoms with Crippen LogP contribution >= 0.6 is 0 Å². The molecule has 2 unspecified atom stereocenters. The van der Waals surface area contributed by atoms with Gasteiger partial charge in [0.15, 0.2) is 0 Å². The Morgan fingerprint density at radius 1 is 1.30 bits per heavy atom. The molecule has 2 N–H and O–H groups in total. The molecule has 3 rings (SSSR count). The maximum absolute atomic E-state index is 12.7. The SMILES string of the molecule is CC1(c2ccccc2)CC(=O)N(CC(N)C2CC2)C1=O. The summed E-state index contributed by atoms with van der Waals surface area (Å²) in [6.45, 7) is 2.22. The average Bonchev–Trinajstić information content (AvgIpc) is 3.26. The molecule has 0 radical (unpaired) electrons. The van der Waals surface area contributed by atoms with E-state index in [9.17, 15) is 9.59 Å². The van der Waals surface area contributed by atoms with Crippen molar-refractivity contribution in [2.75, 3.05) is 6.54 Å². The number of carbonyl (C=O) groups excluding carboxylic acids is 2. The van der Waals surface area contributed by atoms with Gasteiger partial charge in [-0.05, 0) is 31.2 Å². The Morgan fingerprint density at radius 3 is 2.55 bits per heavy atom. The summed E-state index contributed by atoms with van der Waals surface area (Å²) < 4.78 is 0. The van der Waals surface area contributed by atoms with Crippen molar-refractivity contribution in [3.8, 4) is 0 Å². The number of rotatable bonds is 4. The van der Waals surface area contributed by atoms with Crippen LogP contribution in [0.15, 0.2) is 30.3 Å². The van der Waals surface area contributed by atoms with E-state index < -0.39 is 5.41 Å². The van der Waals surface area contributed by atoms with Crippen LogP contribution in [0.1, 0.15) is 31.7 Å². The molecule has 1 heterocycles. The average molecular weight is 272 g/mol. The number of benzene rings is 1. The quantitative estimate of drug-likeness (QED) is 0.844. The predicted molar refractivity (Wildman–Crippen MR) is 75.8 cm³/mol. The largest absolute Gasteiger partial charge is 0.326 e. The van der Waals surface area contributed by atoms with Gasteiger partial charge in [0.25, 0.3) is 0 Å². The fourth-order valence-corrected chi connectivity index (χ4v) is 2.99. The highest BCUT2D eigenvalue weighted by Gasteiger charge is 2.50. The van der Waals surface area contributed by atoms with E-state index in [4.69, 9.17) is 5.73 Å². The lowest BCUT2D eigenvalue weighted by atomic mass is 9.81. The molecule has 1 aromatic rings. The molecule has 0 spiro atoms. The molecule has 4 heteroatoms. The molecule has 1 saturated carbocycles. The fraction of sp³-hybridized carbons (Fsp3) is 0.500. The van der Waals surface area contributed by atoms with Crippen molar-refractivity contribution in [2.45, 2.75) is 37.6 Å². The molecule has 106 valence electrons. The Labute approximate surface area is 118 Å². The summed E-state index contributed by atoms with van der Waals surface area (Å²) in [7, 11) is 0. The predicted octanol–water partition coefficient (Wildman–Crippen LogP) is 1.44. The first-order valence-corrected chi connectivity index (χ1v) is 7.18. The molecular weight excluding hydrogens is 252 g/mol. The molecule has 4 nitrogen and oxygen atoms in total. The number of nitrogens with two attached hydrogens (primary N) is 1. The summed E-state index contributed by atoms with van der Waals surface area (Å²) in [6, 6.07) is 9.47. The van der Waals surface area contributed by atoms with Gasteiger partial charge in [-0.1, -0.05) is 30.3 Å². The zero-order valence-corrected chi connectivity index (χ0v) is 11.7. The second-order valence-corrected chi connectivity index (χ2v) is 6.19. The number of hydrogen-bond acceptors (Lipinski definition) is 3. The van der Waals surface area contributed by atoms with Crippen molar-refractivity contribution >= 4 is 11.8 Å². The van der Waals surface area contributed by atoms with E-state index in [2.05, 4.69) is 0 Å². The summed E-state index contributed by atoms with van der Waals surface area (Å²) in [6.07, 6.45) is 2.48. The molecular formula is C16H20N2O2. The van der Waals surface area contributed by atoms with E-state index in [1.807, 2.05) is 37.3 Å². The zero-order chi connectivity index (χ0) is 14.3. The summed E-state index contributed by atoms with van der Waals surface area (Å²) in [5, 5.41) is 0. The lowest BCUT2D eigenvalue weighted by Crippen LogP contribution is -2.44. The molecule has 1 saturated heterocycles. The minimum atomic E-state index is -0.735. The van der Waals surface area contributed by atoms with E-state index in [-0.39, 0.29) is 24.3 Å². The van der Waals surface area contributed by atoms with E-state index in [1.54, 1.807) is 0 Å². The lowest BCUT2D eigenvalue weighted by Gasteiger charge is -2.24. The molecule has 1 aliphatic carbocycles. The third kappa shape index (κ3) is 2.14. The topological polar surface area (TPSA) is 63.4 Å². The van der Waals surface area contributed by atoms with Crippen molar-refractivity contribution in [1.29, 1.82) is 0 Å². The van der Waals surface area contributed by atoms with E-state index in [1.165, 1.54) is 4.90 Å². The Kier molecular flexibility index (Phi) is 3.13. The highest BCUT2D eigenvalue weighted by atomic mass is 16.2. The van der Waals surface area contributed by atoms with Crippen LogP contribution in [0, 0.1) is 5.92 Å². The number of nitrogens with zero attached hydrogens (tertiary/aromatic N) is 1. The first-order valence-electron chi connectivity index (χ1n) is 7.18. The van der Waals surface area contributed by atoms with Crippen molar-refractivity contribution in [2.24, 2.45) is 11.7 Å². The minimum absolute atomic E-state index is 0.0685. The van der Waals surface area contributed by atoms with Crippen molar-refractivity contribution in [3.63, 3.8) is 0 Å². The molecule has 0 bridgehead atoms. The minimum Gasteiger partial charge on any atom is -0.326 e. The molecule has 1 aromatic carbocycles. The van der Waals surface area contributed by atoms with Gasteiger partial charge < -0.3 is 5.73 Å². The normalized spacial score (nSPS) is 28.0. The first-order chi connectivity index (χ1) is 9.52. The molecule has 20 heavy (non-hydrogen) atoms. The Bertz CT molecular complexity index is 539. The Hall–Kier alpha value is -1.68. The maximum Gasteiger partial charge on any atom is 0.240 e. The molecule has 2 amide bonds. The Morgan fingerprint density at radius 2 is 1.95 bits per heavy atom. The first kappa shape index (κ1) is 13.3. The Balaban J connectivity index is 1.82. The van der Waals surface area contributed by atoms with Crippen molar-refractivity contribution < 1.29 is 9.59 Å². The van der Waals surface area contributed by atoms with Gasteiger partial charge in [-0.3, -0.25) is 14.5 Å². The van der Waals surface area contributed by atoms with Crippen LogP contribution in [0.3, 0.4) is 0 Å². The van der Waals surface area contributed by atoms with Gasteiger partial charge in [0.1, 0.15) is 0 Å². The van der Waals surface area contributed by atoms with Gasteiger partial charge >= 0.3 is 0 Å². The maximum atomic E-state index is 12.7. The molecule has 1 aliphatic heterocycles. The van der Waals surface area contributed by atoms with Gasteiger partial charge in [-0.2, -0.15) is 0 Å². The van der Waals surface area contributed by atoms with Crippen LogP contribution in [-0.2, 0) is 15.0 Å². The molecule has 2 fully saturated rings. The molecule has 0 aromatic heterocycles. The van der Waals surface area contributed by atoms with E-state index in [0.29, 0.717) is 12.5 Å². The highest BCUT2D eigenvalue weighted by Crippen LogP contribution is 2.38. The summed E-state index contributed by atoms with van der Waals surface area (Å²) in [5.41, 5.74) is 6.23. The third-order valence-corrected chi connectivity index (χ3v) is 4.55.